The van der Waals surface area contributed by atoms with Gasteiger partial charge in [0.15, 0.2) is 0 Å². The van der Waals surface area contributed by atoms with Crippen molar-refractivity contribution in [1.29, 1.82) is 0 Å². The number of hydrogen-bond acceptors (Lipinski definition) is 3. The van der Waals surface area contributed by atoms with Crippen LogP contribution in [0.25, 0.3) is 0 Å². The molecule has 0 aromatic heterocycles. The Morgan fingerprint density at radius 1 is 0.516 bits per heavy atom. The van der Waals surface area contributed by atoms with Crippen LogP contribution in [0.2, 0.25) is 0 Å². The summed E-state index contributed by atoms with van der Waals surface area (Å²) in [4.78, 5) is 2.58. The first-order valence-corrected chi connectivity index (χ1v) is 12.6. The Bertz CT molecular complexity index is 678. The monoisotopic (exact) mass is 421 g/mol. The summed E-state index contributed by atoms with van der Waals surface area (Å²) >= 11 is 0. The van der Waals surface area contributed by atoms with E-state index in [9.17, 15) is 0 Å². The van der Waals surface area contributed by atoms with Gasteiger partial charge in [0.1, 0.15) is 0 Å². The maximum absolute atomic E-state index is 4.39. The van der Waals surface area contributed by atoms with E-state index in [1.54, 1.807) is 0 Å². The number of nitrogens with zero attached hydrogens (tertiary/aromatic N) is 3. The molecule has 0 bridgehead atoms. The van der Waals surface area contributed by atoms with Gasteiger partial charge in [0.05, 0.1) is 11.4 Å². The first-order chi connectivity index (χ1) is 15.3. The Kier molecular flexibility index (Phi) is 13.4. The number of azo groups is 1. The summed E-state index contributed by atoms with van der Waals surface area (Å²) in [7, 11) is 0. The minimum Gasteiger partial charge on any atom is -0.372 e. The first kappa shape index (κ1) is 25.1. The van der Waals surface area contributed by atoms with Crippen LogP contribution in [-0.4, -0.2) is 13.1 Å². The second-order valence-electron chi connectivity index (χ2n) is 8.57. The summed E-state index contributed by atoms with van der Waals surface area (Å²) in [6.07, 6.45) is 16.2. The molecule has 0 saturated carbocycles. The van der Waals surface area contributed by atoms with Gasteiger partial charge >= 0.3 is 0 Å². The molecule has 0 spiro atoms. The van der Waals surface area contributed by atoms with Gasteiger partial charge in [-0.25, -0.2) is 0 Å². The number of rotatable bonds is 17. The molecule has 0 radical (unpaired) electrons. The van der Waals surface area contributed by atoms with E-state index in [0.29, 0.717) is 0 Å². The van der Waals surface area contributed by atoms with Crippen LogP contribution in [0, 0.1) is 0 Å². The van der Waals surface area contributed by atoms with Crippen LogP contribution in [-0.2, 0) is 0 Å². The van der Waals surface area contributed by atoms with Crippen LogP contribution < -0.4 is 4.90 Å². The third kappa shape index (κ3) is 11.1. The second-order valence-corrected chi connectivity index (χ2v) is 8.57. The molecule has 0 fully saturated rings. The predicted octanol–water partition coefficient (Wildman–Crippen LogP) is 9.63. The van der Waals surface area contributed by atoms with Crippen molar-refractivity contribution in [3.05, 3.63) is 54.6 Å². The summed E-state index contributed by atoms with van der Waals surface area (Å²) in [6, 6.07) is 18.5. The third-order valence-electron chi connectivity index (χ3n) is 5.82. The van der Waals surface area contributed by atoms with Gasteiger partial charge in [-0.2, -0.15) is 10.2 Å². The number of hydrogen-bond donors (Lipinski definition) is 0. The van der Waals surface area contributed by atoms with E-state index in [2.05, 4.69) is 53.2 Å². The number of anilines is 1. The molecule has 0 aliphatic rings. The molecule has 0 unspecified atom stereocenters. The summed E-state index contributed by atoms with van der Waals surface area (Å²) in [5.74, 6) is 0. The molecule has 2 rings (SSSR count). The average molecular weight is 422 g/mol. The predicted molar refractivity (Wildman–Crippen MR) is 136 cm³/mol. The van der Waals surface area contributed by atoms with Gasteiger partial charge in [-0.1, -0.05) is 96.3 Å². The molecule has 0 saturated heterocycles. The van der Waals surface area contributed by atoms with Crippen molar-refractivity contribution in [3.63, 3.8) is 0 Å². The molecule has 0 heterocycles. The summed E-state index contributed by atoms with van der Waals surface area (Å²) in [5.41, 5.74) is 3.12. The molecule has 2 aromatic carbocycles. The zero-order chi connectivity index (χ0) is 22.0. The van der Waals surface area contributed by atoms with E-state index in [1.165, 1.54) is 82.7 Å². The zero-order valence-corrected chi connectivity index (χ0v) is 19.9. The molecule has 0 N–H and O–H groups in total. The van der Waals surface area contributed by atoms with Crippen molar-refractivity contribution >= 4 is 17.1 Å². The van der Waals surface area contributed by atoms with Crippen molar-refractivity contribution in [3.8, 4) is 0 Å². The van der Waals surface area contributed by atoms with E-state index in [1.807, 2.05) is 30.3 Å². The normalized spacial score (nSPS) is 11.3. The van der Waals surface area contributed by atoms with E-state index >= 15 is 0 Å². The van der Waals surface area contributed by atoms with E-state index in [0.717, 1.165) is 24.5 Å². The molecule has 2 aromatic rings. The minimum atomic E-state index is 0.888. The van der Waals surface area contributed by atoms with Gasteiger partial charge in [0.25, 0.3) is 0 Å². The van der Waals surface area contributed by atoms with Crippen LogP contribution in [0.3, 0.4) is 0 Å². The highest BCUT2D eigenvalue weighted by Crippen LogP contribution is 2.23. The highest BCUT2D eigenvalue weighted by molar-refractivity contribution is 5.53. The molecule has 31 heavy (non-hydrogen) atoms. The van der Waals surface area contributed by atoms with Crippen molar-refractivity contribution in [2.24, 2.45) is 10.2 Å². The smallest absolute Gasteiger partial charge is 0.0858 e. The summed E-state index contributed by atoms with van der Waals surface area (Å²) in [6.45, 7) is 6.88. The van der Waals surface area contributed by atoms with Crippen LogP contribution in [0.5, 0.6) is 0 Å². The number of unbranched alkanes of at least 4 members (excludes halogenated alkanes) is 10. The lowest BCUT2D eigenvalue weighted by molar-refractivity contribution is 0.575. The minimum absolute atomic E-state index is 0.888. The standard InChI is InChI=1S/C28H43N3/c1-3-5-7-9-11-16-24-31(25-17-12-10-8-6-4-2)28-22-20-27(21-23-28)30-29-26-18-14-13-15-19-26/h13-15,18-23H,3-12,16-17,24-25H2,1-2H3/b30-29+. The molecule has 3 heteroatoms. The molecule has 0 aliphatic carbocycles. The topological polar surface area (TPSA) is 28.0 Å². The molecule has 0 aliphatic heterocycles. The maximum Gasteiger partial charge on any atom is 0.0858 e. The Balaban J connectivity index is 1.87. The van der Waals surface area contributed by atoms with Crippen LogP contribution >= 0.6 is 0 Å². The highest BCUT2D eigenvalue weighted by atomic mass is 15.1. The van der Waals surface area contributed by atoms with Crippen LogP contribution in [0.4, 0.5) is 17.1 Å². The highest BCUT2D eigenvalue weighted by Gasteiger charge is 2.07. The maximum atomic E-state index is 4.39. The van der Waals surface area contributed by atoms with E-state index in [-0.39, 0.29) is 0 Å². The second kappa shape index (κ2) is 16.5. The van der Waals surface area contributed by atoms with Crippen molar-refractivity contribution in [2.45, 2.75) is 90.9 Å². The Hall–Kier alpha value is -2.16. The third-order valence-corrected chi connectivity index (χ3v) is 5.82. The van der Waals surface area contributed by atoms with Gasteiger partial charge in [0, 0.05) is 18.8 Å². The Morgan fingerprint density at radius 2 is 0.968 bits per heavy atom. The fourth-order valence-corrected chi connectivity index (χ4v) is 3.88. The first-order valence-electron chi connectivity index (χ1n) is 12.6. The molecule has 170 valence electrons. The van der Waals surface area contributed by atoms with Crippen molar-refractivity contribution in [1.82, 2.24) is 0 Å². The molecule has 0 atom stereocenters. The average Bonchev–Trinajstić information content (AvgIpc) is 2.82. The number of benzene rings is 2. The Labute approximate surface area is 191 Å². The molecule has 3 nitrogen and oxygen atoms in total. The van der Waals surface area contributed by atoms with Crippen molar-refractivity contribution in [2.75, 3.05) is 18.0 Å². The summed E-state index contributed by atoms with van der Waals surface area (Å²) in [5, 5.41) is 8.72. The van der Waals surface area contributed by atoms with Gasteiger partial charge in [-0.05, 0) is 49.2 Å². The lowest BCUT2D eigenvalue weighted by atomic mass is 10.1. The summed E-state index contributed by atoms with van der Waals surface area (Å²) < 4.78 is 0. The quantitative estimate of drug-likeness (QED) is 0.184. The molecular weight excluding hydrogens is 378 g/mol. The van der Waals surface area contributed by atoms with Crippen LogP contribution in [0.15, 0.2) is 64.8 Å². The fraction of sp³-hybridized carbons (Fsp3) is 0.571. The van der Waals surface area contributed by atoms with Gasteiger partial charge in [-0.3, -0.25) is 0 Å². The largest absolute Gasteiger partial charge is 0.372 e. The van der Waals surface area contributed by atoms with Gasteiger partial charge < -0.3 is 4.90 Å². The lowest BCUT2D eigenvalue weighted by Gasteiger charge is -2.25. The van der Waals surface area contributed by atoms with Gasteiger partial charge in [0.2, 0.25) is 0 Å². The molecular formula is C28H43N3. The van der Waals surface area contributed by atoms with E-state index < -0.39 is 0 Å². The van der Waals surface area contributed by atoms with Gasteiger partial charge in [-0.15, -0.1) is 0 Å². The Morgan fingerprint density at radius 3 is 1.48 bits per heavy atom. The SMILES string of the molecule is CCCCCCCCN(CCCCCCCC)c1ccc(/N=N/c2ccccc2)cc1. The van der Waals surface area contributed by atoms with E-state index in [4.69, 9.17) is 0 Å². The van der Waals surface area contributed by atoms with Crippen molar-refractivity contribution < 1.29 is 0 Å². The zero-order valence-electron chi connectivity index (χ0n) is 19.9. The molecule has 0 amide bonds. The van der Waals surface area contributed by atoms with Crippen LogP contribution in [0.1, 0.15) is 90.9 Å². The fourth-order valence-electron chi connectivity index (χ4n) is 3.88. The lowest BCUT2D eigenvalue weighted by Crippen LogP contribution is -2.25.